The summed E-state index contributed by atoms with van der Waals surface area (Å²) in [6.45, 7) is 1.61. The van der Waals surface area contributed by atoms with Crippen molar-refractivity contribution in [2.24, 2.45) is 5.92 Å². The predicted molar refractivity (Wildman–Crippen MR) is 94.7 cm³/mol. The van der Waals surface area contributed by atoms with Crippen LogP contribution in [0, 0.1) is 5.92 Å². The Labute approximate surface area is 157 Å². The van der Waals surface area contributed by atoms with Crippen molar-refractivity contribution in [3.05, 3.63) is 29.8 Å². The molecule has 2 N–H and O–H groups in total. The average Bonchev–Trinajstić information content (AvgIpc) is 2.63. The summed E-state index contributed by atoms with van der Waals surface area (Å²) in [6.07, 6.45) is 2.32. The first-order valence-electron chi connectivity index (χ1n) is 9.28. The number of alkyl halides is 2. The average molecular weight is 385 g/mol. The molecule has 150 valence electrons. The molecule has 8 heteroatoms. The van der Waals surface area contributed by atoms with Crippen molar-refractivity contribution in [2.75, 3.05) is 32.8 Å². The zero-order chi connectivity index (χ0) is 19.6. The SMILES string of the molecule is CCOC(=O)[C@H]1CCC[NH+](CC(=O)NCCc2ccc(OC(F)F)cc2)C1. The molecule has 1 aromatic carbocycles. The van der Waals surface area contributed by atoms with Gasteiger partial charge in [-0.15, -0.1) is 0 Å². The first-order chi connectivity index (χ1) is 13.0. The molecule has 0 aromatic heterocycles. The number of nitrogens with one attached hydrogen (secondary N) is 2. The quantitative estimate of drug-likeness (QED) is 0.617. The van der Waals surface area contributed by atoms with Gasteiger partial charge in [-0.1, -0.05) is 12.1 Å². The van der Waals surface area contributed by atoms with E-state index in [-0.39, 0.29) is 23.5 Å². The van der Waals surface area contributed by atoms with Gasteiger partial charge in [0.15, 0.2) is 6.54 Å². The maximum Gasteiger partial charge on any atom is 0.387 e. The molecule has 1 unspecified atom stereocenters. The van der Waals surface area contributed by atoms with Gasteiger partial charge in [-0.2, -0.15) is 8.78 Å². The molecular formula is C19H27F2N2O4+. The van der Waals surface area contributed by atoms with E-state index in [1.165, 1.54) is 12.1 Å². The minimum atomic E-state index is -2.84. The van der Waals surface area contributed by atoms with Crippen molar-refractivity contribution >= 4 is 11.9 Å². The lowest BCUT2D eigenvalue weighted by molar-refractivity contribution is -0.899. The summed E-state index contributed by atoms with van der Waals surface area (Å²) in [4.78, 5) is 25.1. The topological polar surface area (TPSA) is 69.1 Å². The van der Waals surface area contributed by atoms with Crippen LogP contribution in [0.2, 0.25) is 0 Å². The van der Waals surface area contributed by atoms with Gasteiger partial charge in [0.2, 0.25) is 0 Å². The second-order valence-electron chi connectivity index (χ2n) is 6.59. The number of hydrogen-bond donors (Lipinski definition) is 2. The third-order valence-corrected chi connectivity index (χ3v) is 4.53. The van der Waals surface area contributed by atoms with E-state index in [1.807, 2.05) is 0 Å². The molecule has 1 aliphatic heterocycles. The van der Waals surface area contributed by atoms with Gasteiger partial charge in [-0.05, 0) is 43.9 Å². The molecule has 27 heavy (non-hydrogen) atoms. The molecule has 6 nitrogen and oxygen atoms in total. The van der Waals surface area contributed by atoms with Gasteiger partial charge in [0, 0.05) is 6.54 Å². The van der Waals surface area contributed by atoms with Crippen molar-refractivity contribution in [3.63, 3.8) is 0 Å². The van der Waals surface area contributed by atoms with Crippen LogP contribution in [0.1, 0.15) is 25.3 Å². The molecule has 2 rings (SSSR count). The third kappa shape index (κ3) is 7.50. The lowest BCUT2D eigenvalue weighted by Crippen LogP contribution is -3.14. The highest BCUT2D eigenvalue weighted by Crippen LogP contribution is 2.15. The number of likely N-dealkylation sites (tertiary alicyclic amines) is 1. The van der Waals surface area contributed by atoms with Crippen LogP contribution in [0.4, 0.5) is 8.78 Å². The number of amides is 1. The largest absolute Gasteiger partial charge is 0.466 e. The van der Waals surface area contributed by atoms with Crippen molar-refractivity contribution in [1.29, 1.82) is 0 Å². The van der Waals surface area contributed by atoms with Gasteiger partial charge < -0.3 is 19.7 Å². The van der Waals surface area contributed by atoms with Crippen molar-refractivity contribution in [2.45, 2.75) is 32.8 Å². The van der Waals surface area contributed by atoms with E-state index in [9.17, 15) is 18.4 Å². The number of esters is 1. The van der Waals surface area contributed by atoms with E-state index < -0.39 is 6.61 Å². The summed E-state index contributed by atoms with van der Waals surface area (Å²) >= 11 is 0. The monoisotopic (exact) mass is 385 g/mol. The molecule has 0 spiro atoms. The summed E-state index contributed by atoms with van der Waals surface area (Å²) in [7, 11) is 0. The highest BCUT2D eigenvalue weighted by molar-refractivity contribution is 5.77. The number of hydrogen-bond acceptors (Lipinski definition) is 4. The summed E-state index contributed by atoms with van der Waals surface area (Å²) in [5, 5.41) is 2.87. The fraction of sp³-hybridized carbons (Fsp3) is 0.579. The van der Waals surface area contributed by atoms with Crippen LogP contribution >= 0.6 is 0 Å². The van der Waals surface area contributed by atoms with Crippen molar-refractivity contribution < 1.29 is 32.7 Å². The van der Waals surface area contributed by atoms with E-state index in [0.717, 1.165) is 29.8 Å². The summed E-state index contributed by atoms with van der Waals surface area (Å²) < 4.78 is 33.6. The maximum atomic E-state index is 12.1. The smallest absolute Gasteiger partial charge is 0.387 e. The Morgan fingerprint density at radius 2 is 2.04 bits per heavy atom. The maximum absolute atomic E-state index is 12.1. The minimum Gasteiger partial charge on any atom is -0.466 e. The number of benzene rings is 1. The molecule has 0 bridgehead atoms. The Kier molecular flexibility index (Phi) is 8.44. The van der Waals surface area contributed by atoms with E-state index in [2.05, 4.69) is 10.1 Å². The molecule has 1 fully saturated rings. The molecular weight excluding hydrogens is 358 g/mol. The third-order valence-electron chi connectivity index (χ3n) is 4.53. The number of carbonyl (C=O) groups is 2. The zero-order valence-electron chi connectivity index (χ0n) is 15.5. The minimum absolute atomic E-state index is 0.0628. The highest BCUT2D eigenvalue weighted by atomic mass is 19.3. The van der Waals surface area contributed by atoms with Crippen LogP contribution < -0.4 is 15.0 Å². The fourth-order valence-corrected chi connectivity index (χ4v) is 3.25. The van der Waals surface area contributed by atoms with Crippen LogP contribution in [0.25, 0.3) is 0 Å². The summed E-state index contributed by atoms with van der Waals surface area (Å²) in [6, 6.07) is 6.36. The van der Waals surface area contributed by atoms with Gasteiger partial charge in [-0.25, -0.2) is 0 Å². The van der Waals surface area contributed by atoms with E-state index in [0.29, 0.717) is 32.7 Å². The Hall–Kier alpha value is -2.22. The number of quaternary nitrogens is 1. The molecule has 1 amide bonds. The Morgan fingerprint density at radius 1 is 1.30 bits per heavy atom. The zero-order valence-corrected chi connectivity index (χ0v) is 15.5. The second-order valence-corrected chi connectivity index (χ2v) is 6.59. The second kappa shape index (κ2) is 10.8. The van der Waals surface area contributed by atoms with E-state index in [4.69, 9.17) is 4.74 Å². The molecule has 1 saturated heterocycles. The molecule has 0 saturated carbocycles. The summed E-state index contributed by atoms with van der Waals surface area (Å²) in [5.74, 6) is -0.250. The normalized spacial score (nSPS) is 19.6. The number of piperidine rings is 1. The van der Waals surface area contributed by atoms with Gasteiger partial charge >= 0.3 is 12.6 Å². The molecule has 0 aliphatic carbocycles. The standard InChI is InChI=1S/C19H26F2N2O4/c1-2-26-18(25)15-4-3-11-23(12-15)13-17(24)22-10-9-14-5-7-16(8-6-14)27-19(20)21/h5-8,15,19H,2-4,9-13H2,1H3,(H,22,24)/p+1/t15-/m0/s1. The fourth-order valence-electron chi connectivity index (χ4n) is 3.25. The van der Waals surface area contributed by atoms with Crippen LogP contribution in [0.5, 0.6) is 5.75 Å². The lowest BCUT2D eigenvalue weighted by Gasteiger charge is -2.28. The molecule has 2 atom stereocenters. The van der Waals surface area contributed by atoms with Gasteiger partial charge in [0.05, 0.1) is 19.7 Å². The molecule has 1 heterocycles. The number of rotatable bonds is 9. The van der Waals surface area contributed by atoms with Crippen LogP contribution in [-0.4, -0.2) is 51.3 Å². The van der Waals surface area contributed by atoms with Crippen molar-refractivity contribution in [3.8, 4) is 5.75 Å². The van der Waals surface area contributed by atoms with Gasteiger partial charge in [-0.3, -0.25) is 9.59 Å². The lowest BCUT2D eigenvalue weighted by atomic mass is 9.98. The summed E-state index contributed by atoms with van der Waals surface area (Å²) in [5.41, 5.74) is 0.921. The van der Waals surface area contributed by atoms with Crippen LogP contribution in [0.15, 0.2) is 24.3 Å². The number of ether oxygens (including phenoxy) is 2. The Balaban J connectivity index is 1.69. The van der Waals surface area contributed by atoms with Crippen LogP contribution in [0.3, 0.4) is 0 Å². The molecule has 1 aromatic rings. The van der Waals surface area contributed by atoms with Crippen LogP contribution in [-0.2, 0) is 20.7 Å². The van der Waals surface area contributed by atoms with Gasteiger partial charge in [0.1, 0.15) is 11.7 Å². The number of halogens is 2. The van der Waals surface area contributed by atoms with Crippen molar-refractivity contribution in [1.82, 2.24) is 5.32 Å². The Bertz CT molecular complexity index is 610. The highest BCUT2D eigenvalue weighted by Gasteiger charge is 2.30. The molecule has 0 radical (unpaired) electrons. The first kappa shape index (κ1) is 21.1. The Morgan fingerprint density at radius 3 is 2.70 bits per heavy atom. The predicted octanol–water partition coefficient (Wildman–Crippen LogP) is 0.805. The van der Waals surface area contributed by atoms with E-state index >= 15 is 0 Å². The molecule has 1 aliphatic rings. The van der Waals surface area contributed by atoms with E-state index in [1.54, 1.807) is 19.1 Å². The first-order valence-corrected chi connectivity index (χ1v) is 9.28. The number of carbonyl (C=O) groups excluding carboxylic acids is 2. The van der Waals surface area contributed by atoms with Gasteiger partial charge in [0.25, 0.3) is 5.91 Å².